The Balaban J connectivity index is 3.12. The number of halogens is 1. The van der Waals surface area contributed by atoms with Crippen molar-refractivity contribution in [3.63, 3.8) is 0 Å². The first-order valence-corrected chi connectivity index (χ1v) is 13.4. The summed E-state index contributed by atoms with van der Waals surface area (Å²) in [6.45, 7) is 9.00. The molecule has 2 heteroatoms. The Bertz CT molecular complexity index is 305. The average Bonchev–Trinajstić information content (AvgIpc) is 2.06. The van der Waals surface area contributed by atoms with E-state index >= 15 is 0 Å². The monoisotopic (exact) mass is 274 g/mol. The van der Waals surface area contributed by atoms with E-state index in [-0.39, 0.29) is 0 Å². The van der Waals surface area contributed by atoms with Crippen molar-refractivity contribution in [2.75, 3.05) is 0 Å². The van der Waals surface area contributed by atoms with E-state index in [2.05, 4.69) is 39.2 Å². The first-order chi connectivity index (χ1) is 6.25. The molecule has 0 bridgehead atoms. The molecule has 80 valence electrons. The summed E-state index contributed by atoms with van der Waals surface area (Å²) in [5.74, 6) is 4.61. The van der Waals surface area contributed by atoms with Gasteiger partial charge in [-0.15, -0.1) is 0 Å². The molecule has 0 radical (unpaired) electrons. The summed E-state index contributed by atoms with van der Waals surface area (Å²) in [4.78, 5) is 0. The van der Waals surface area contributed by atoms with E-state index in [4.69, 9.17) is 10.0 Å². The number of rotatable bonds is 1. The summed E-state index contributed by atoms with van der Waals surface area (Å²) in [5.41, 5.74) is 6.06. The Labute approximate surface area is 95.0 Å². The molecular weight excluding hydrogens is 252 g/mol. The molecule has 0 aromatic rings. The van der Waals surface area contributed by atoms with Crippen LogP contribution in [0, 0.1) is 0 Å². The van der Waals surface area contributed by atoms with Crippen molar-refractivity contribution in [2.24, 2.45) is 0 Å². The Morgan fingerprint density at radius 2 is 1.57 bits per heavy atom. The average molecular weight is 273 g/mol. The second-order valence-electron chi connectivity index (χ2n) is 5.03. The first kappa shape index (κ1) is 12.4. The van der Waals surface area contributed by atoms with E-state index in [1.54, 1.807) is 5.57 Å². The van der Waals surface area contributed by atoms with Crippen molar-refractivity contribution in [3.05, 3.63) is 22.3 Å². The Hall–Kier alpha value is 0.313. The van der Waals surface area contributed by atoms with Gasteiger partial charge in [-0.1, -0.05) is 0 Å². The van der Waals surface area contributed by atoms with Gasteiger partial charge in [0, 0.05) is 0 Å². The molecule has 0 aromatic heterocycles. The second-order valence-corrected chi connectivity index (χ2v) is 18.1. The molecule has 0 saturated carbocycles. The predicted octanol–water partition coefficient (Wildman–Crippen LogP) is 4.88. The normalized spacial score (nSPS) is 24.6. The number of hydrogen-bond acceptors (Lipinski definition) is 0. The fraction of sp³-hybridized carbons (Fsp3) is 0.667. The molecule has 1 unspecified atom stereocenters. The van der Waals surface area contributed by atoms with Crippen molar-refractivity contribution in [3.8, 4) is 0 Å². The number of allylic oxidation sites excluding steroid dienone is 4. The molecule has 0 nitrogen and oxygen atoms in total. The molecule has 1 atom stereocenters. The Kier molecular flexibility index (Phi) is 3.59. The van der Waals surface area contributed by atoms with E-state index in [0.717, 1.165) is 0 Å². The van der Waals surface area contributed by atoms with Gasteiger partial charge in [-0.2, -0.15) is 0 Å². The van der Waals surface area contributed by atoms with Crippen LogP contribution in [0.5, 0.6) is 0 Å². The van der Waals surface area contributed by atoms with Gasteiger partial charge in [0.2, 0.25) is 0 Å². The van der Waals surface area contributed by atoms with E-state index < -0.39 is 12.3 Å². The van der Waals surface area contributed by atoms with E-state index in [0.29, 0.717) is 4.75 Å². The molecule has 0 N–H and O–H groups in total. The van der Waals surface area contributed by atoms with E-state index in [9.17, 15) is 0 Å². The molecule has 1 aliphatic carbocycles. The van der Waals surface area contributed by atoms with Gasteiger partial charge in [-0.25, -0.2) is 0 Å². The fourth-order valence-corrected chi connectivity index (χ4v) is 7.77. The third kappa shape index (κ3) is 2.28. The Morgan fingerprint density at radius 1 is 1.07 bits per heavy atom. The van der Waals surface area contributed by atoms with Crippen molar-refractivity contribution in [2.45, 2.75) is 50.4 Å². The summed E-state index contributed by atoms with van der Waals surface area (Å²) in [6, 6.07) is 0. The van der Waals surface area contributed by atoms with Crippen molar-refractivity contribution < 1.29 is 0 Å². The van der Waals surface area contributed by atoms with Gasteiger partial charge < -0.3 is 0 Å². The third-order valence-corrected chi connectivity index (χ3v) is 9.84. The summed E-state index contributed by atoms with van der Waals surface area (Å²) < 4.78 is 0.681. The molecule has 0 aliphatic heterocycles. The van der Waals surface area contributed by atoms with Gasteiger partial charge in [0.1, 0.15) is 0 Å². The summed E-state index contributed by atoms with van der Waals surface area (Å²) in [6.07, 6.45) is 1.20. The maximum atomic E-state index is 6.62. The molecule has 0 amide bonds. The van der Waals surface area contributed by atoms with E-state index in [1.807, 2.05) is 0 Å². The standard InChI is InChI=1S/C12H21ClGe/c1-8-7-12(14(5,6)13)11(4)10(3)9(8)2/h12H,7H2,1-6H3. The van der Waals surface area contributed by atoms with Crippen LogP contribution in [-0.4, -0.2) is 12.3 Å². The predicted molar refractivity (Wildman–Crippen MR) is 68.5 cm³/mol. The third-order valence-electron chi connectivity index (χ3n) is 3.66. The molecule has 0 fully saturated rings. The molecule has 14 heavy (non-hydrogen) atoms. The number of hydrogen-bond donors (Lipinski definition) is 0. The van der Waals surface area contributed by atoms with Crippen LogP contribution in [-0.2, 0) is 0 Å². The van der Waals surface area contributed by atoms with Crippen LogP contribution in [0.25, 0.3) is 0 Å². The molecule has 0 aromatic carbocycles. The van der Waals surface area contributed by atoms with Crippen molar-refractivity contribution in [1.29, 1.82) is 0 Å². The van der Waals surface area contributed by atoms with Crippen LogP contribution < -0.4 is 0 Å². The summed E-state index contributed by atoms with van der Waals surface area (Å²) in [5, 5.41) is 0. The minimum absolute atomic E-state index is 0.681. The second kappa shape index (κ2) is 4.05. The van der Waals surface area contributed by atoms with Crippen LogP contribution in [0.15, 0.2) is 22.3 Å². The van der Waals surface area contributed by atoms with Crippen LogP contribution >= 0.6 is 10.0 Å². The summed E-state index contributed by atoms with van der Waals surface area (Å²) >= 11 is -2.05. The quantitative estimate of drug-likeness (QED) is 0.597. The fourth-order valence-electron chi connectivity index (χ4n) is 2.25. The SMILES string of the molecule is CC1=C(C)C(C)=C(C)[CH]([Ge]([CH3])([CH3])[Cl])C1. The van der Waals surface area contributed by atoms with E-state index in [1.165, 1.54) is 23.1 Å². The van der Waals surface area contributed by atoms with Crippen molar-refractivity contribution in [1.82, 2.24) is 0 Å². The topological polar surface area (TPSA) is 0 Å². The van der Waals surface area contributed by atoms with Gasteiger partial charge in [-0.3, -0.25) is 0 Å². The Morgan fingerprint density at radius 3 is 2.00 bits per heavy atom. The molecule has 0 saturated heterocycles. The van der Waals surface area contributed by atoms with Crippen LogP contribution in [0.2, 0.25) is 16.3 Å². The maximum absolute atomic E-state index is 6.62. The van der Waals surface area contributed by atoms with Crippen LogP contribution in [0.1, 0.15) is 34.1 Å². The van der Waals surface area contributed by atoms with Gasteiger partial charge in [0.05, 0.1) is 0 Å². The zero-order valence-corrected chi connectivity index (χ0v) is 13.0. The van der Waals surface area contributed by atoms with Gasteiger partial charge >= 0.3 is 95.0 Å². The van der Waals surface area contributed by atoms with Crippen molar-refractivity contribution >= 4 is 22.3 Å². The first-order valence-electron chi connectivity index (χ1n) is 5.28. The minimum atomic E-state index is -2.05. The molecule has 0 heterocycles. The zero-order valence-electron chi connectivity index (χ0n) is 10.2. The van der Waals surface area contributed by atoms with Gasteiger partial charge in [-0.05, 0) is 0 Å². The van der Waals surface area contributed by atoms with Crippen LogP contribution in [0.4, 0.5) is 0 Å². The molecule has 1 aliphatic rings. The van der Waals surface area contributed by atoms with Crippen LogP contribution in [0.3, 0.4) is 0 Å². The molecule has 1 rings (SSSR count). The summed E-state index contributed by atoms with van der Waals surface area (Å²) in [7, 11) is 6.62. The van der Waals surface area contributed by atoms with Gasteiger partial charge in [0.25, 0.3) is 0 Å². The molecule has 0 spiro atoms. The zero-order chi connectivity index (χ0) is 11.1. The molecular formula is C12H21ClGe. The van der Waals surface area contributed by atoms with Gasteiger partial charge in [0.15, 0.2) is 0 Å².